The van der Waals surface area contributed by atoms with Gasteiger partial charge in [-0.15, -0.1) is 0 Å². The van der Waals surface area contributed by atoms with Crippen LogP contribution in [0.4, 0.5) is 0 Å². The second kappa shape index (κ2) is 2.91. The first kappa shape index (κ1) is 8.36. The maximum Gasteiger partial charge on any atom is 0.370 e. The molecule has 1 aliphatic heterocycles. The van der Waals surface area contributed by atoms with Crippen LogP contribution in [0.3, 0.4) is 0 Å². The van der Waals surface area contributed by atoms with Gasteiger partial charge in [-0.2, -0.15) is 0 Å². The van der Waals surface area contributed by atoms with Crippen LogP contribution in [0.5, 0.6) is 0 Å². The van der Waals surface area contributed by atoms with Gasteiger partial charge in [0.05, 0.1) is 11.1 Å². The molecule has 0 saturated carbocycles. The van der Waals surface area contributed by atoms with Gasteiger partial charge in [-0.05, 0) is 17.1 Å². The van der Waals surface area contributed by atoms with E-state index in [1.807, 2.05) is 5.22 Å². The van der Waals surface area contributed by atoms with Gasteiger partial charge in [0.25, 0.3) is 0 Å². The molecular formula is C8H7N4O2+. The minimum Gasteiger partial charge on any atom is -0.256 e. The van der Waals surface area contributed by atoms with Gasteiger partial charge >= 0.3 is 11.8 Å². The highest BCUT2D eigenvalue weighted by atomic mass is 16.2. The maximum absolute atomic E-state index is 11.5. The van der Waals surface area contributed by atoms with Crippen molar-refractivity contribution in [1.29, 1.82) is 0 Å². The first-order valence-electron chi connectivity index (χ1n) is 3.90. The van der Waals surface area contributed by atoms with Gasteiger partial charge in [0.15, 0.2) is 0 Å². The summed E-state index contributed by atoms with van der Waals surface area (Å²) < 4.78 is 0. The van der Waals surface area contributed by atoms with Crippen LogP contribution in [0.15, 0.2) is 29.5 Å². The van der Waals surface area contributed by atoms with Gasteiger partial charge in [-0.1, -0.05) is 17.4 Å². The normalized spacial score (nSPS) is 15.3. The lowest BCUT2D eigenvalue weighted by Gasteiger charge is -1.91. The Balaban J connectivity index is 2.53. The SMILES string of the molecule is N[NH+]=NN1C(=O)c2ccccc2C1=O. The summed E-state index contributed by atoms with van der Waals surface area (Å²) in [5.41, 5.74) is 0.688. The molecule has 70 valence electrons. The summed E-state index contributed by atoms with van der Waals surface area (Å²) in [7, 11) is 0. The molecule has 0 radical (unpaired) electrons. The zero-order valence-electron chi connectivity index (χ0n) is 7.10. The fraction of sp³-hybridized carbons (Fsp3) is 0. The third-order valence-electron chi connectivity index (χ3n) is 1.93. The van der Waals surface area contributed by atoms with Crippen molar-refractivity contribution in [1.82, 2.24) is 5.01 Å². The number of imide groups is 1. The Kier molecular flexibility index (Phi) is 1.74. The largest absolute Gasteiger partial charge is 0.370 e. The number of hydrogen-bond donors (Lipinski definition) is 2. The highest BCUT2D eigenvalue weighted by Crippen LogP contribution is 2.21. The molecule has 1 aromatic rings. The van der Waals surface area contributed by atoms with Crippen molar-refractivity contribution >= 4 is 11.8 Å². The van der Waals surface area contributed by atoms with E-state index in [9.17, 15) is 9.59 Å². The number of benzene rings is 1. The van der Waals surface area contributed by atoms with Crippen LogP contribution >= 0.6 is 0 Å². The Hall–Kier alpha value is -2.24. The van der Waals surface area contributed by atoms with Crippen molar-refractivity contribution in [2.24, 2.45) is 11.1 Å². The molecule has 2 amide bonds. The number of nitrogens with zero attached hydrogens (tertiary/aromatic N) is 2. The molecule has 1 aliphatic rings. The molecule has 0 bridgehead atoms. The number of nitrogens with two attached hydrogens (primary N) is 1. The zero-order chi connectivity index (χ0) is 10.1. The first-order valence-corrected chi connectivity index (χ1v) is 3.90. The minimum atomic E-state index is -0.469. The van der Waals surface area contributed by atoms with Gasteiger partial charge in [0, 0.05) is 0 Å². The molecule has 1 heterocycles. The standard InChI is InChI=1S/C8H6N4O2/c9-10-11-12-7(13)5-3-1-2-4-6(5)8(12)14/h1-4H,(H2,9,11)/p+1. The molecule has 6 nitrogen and oxygen atoms in total. The minimum absolute atomic E-state index is 0.344. The lowest BCUT2D eigenvalue weighted by atomic mass is 10.1. The van der Waals surface area contributed by atoms with Crippen molar-refractivity contribution < 1.29 is 14.8 Å². The molecule has 0 unspecified atom stereocenters. The number of amides is 2. The Labute approximate surface area is 79.0 Å². The predicted octanol–water partition coefficient (Wildman–Crippen LogP) is -1.40. The Morgan fingerprint density at radius 3 is 2.07 bits per heavy atom. The number of hydrogen-bond acceptors (Lipinski definition) is 3. The molecule has 1 aromatic carbocycles. The van der Waals surface area contributed by atoms with Crippen LogP contribution in [0.25, 0.3) is 0 Å². The fourth-order valence-electron chi connectivity index (χ4n) is 1.33. The van der Waals surface area contributed by atoms with Crippen LogP contribution in [0.1, 0.15) is 20.7 Å². The average Bonchev–Trinajstić information content (AvgIpc) is 2.45. The van der Waals surface area contributed by atoms with Gasteiger partial charge in [0.2, 0.25) is 0 Å². The maximum atomic E-state index is 11.5. The topological polar surface area (TPSA) is 89.7 Å². The highest BCUT2D eigenvalue weighted by Gasteiger charge is 2.42. The summed E-state index contributed by atoms with van der Waals surface area (Å²) in [6.07, 6.45) is 0. The lowest BCUT2D eigenvalue weighted by Crippen LogP contribution is -2.75. The van der Waals surface area contributed by atoms with Crippen LogP contribution in [-0.4, -0.2) is 16.8 Å². The van der Waals surface area contributed by atoms with Crippen LogP contribution in [0, 0.1) is 0 Å². The molecule has 14 heavy (non-hydrogen) atoms. The average molecular weight is 191 g/mol. The molecule has 0 atom stereocenters. The third kappa shape index (κ3) is 0.972. The molecule has 0 spiro atoms. The number of carbonyl (C=O) groups is 2. The van der Waals surface area contributed by atoms with Crippen LogP contribution < -0.4 is 11.1 Å². The van der Waals surface area contributed by atoms with Crippen molar-refractivity contribution in [3.8, 4) is 0 Å². The first-order chi connectivity index (χ1) is 6.75. The van der Waals surface area contributed by atoms with E-state index in [1.54, 1.807) is 24.3 Å². The Morgan fingerprint density at radius 1 is 1.14 bits per heavy atom. The van der Waals surface area contributed by atoms with Crippen molar-refractivity contribution in [2.45, 2.75) is 0 Å². The monoisotopic (exact) mass is 191 g/mol. The molecule has 2 rings (SSSR count). The van der Waals surface area contributed by atoms with Gasteiger partial charge in [0.1, 0.15) is 5.22 Å². The summed E-state index contributed by atoms with van der Waals surface area (Å²) in [6, 6.07) is 6.51. The Morgan fingerprint density at radius 2 is 1.64 bits per heavy atom. The van der Waals surface area contributed by atoms with E-state index in [2.05, 4.69) is 5.22 Å². The van der Waals surface area contributed by atoms with Crippen molar-refractivity contribution in [3.63, 3.8) is 0 Å². The van der Waals surface area contributed by atoms with E-state index in [0.29, 0.717) is 16.1 Å². The molecule has 0 saturated heterocycles. The number of hydrazine groups is 1. The van der Waals surface area contributed by atoms with Gasteiger partial charge < -0.3 is 0 Å². The Bertz CT molecular complexity index is 406. The van der Waals surface area contributed by atoms with Crippen LogP contribution in [0.2, 0.25) is 0 Å². The number of fused-ring (bicyclic) bond motifs is 1. The van der Waals surface area contributed by atoms with E-state index < -0.39 is 11.8 Å². The number of nitrogens with one attached hydrogen (secondary N) is 1. The number of rotatable bonds is 1. The van der Waals surface area contributed by atoms with Crippen LogP contribution in [-0.2, 0) is 0 Å². The van der Waals surface area contributed by atoms with E-state index in [1.165, 1.54) is 0 Å². The van der Waals surface area contributed by atoms with E-state index in [0.717, 1.165) is 0 Å². The quantitative estimate of drug-likeness (QED) is 0.248. The summed E-state index contributed by atoms with van der Waals surface area (Å²) in [6.45, 7) is 0. The number of carbonyl (C=O) groups excluding carboxylic acids is 2. The summed E-state index contributed by atoms with van der Waals surface area (Å²) in [5.74, 6) is 3.97. The molecule has 0 aromatic heterocycles. The summed E-state index contributed by atoms with van der Waals surface area (Å²) in [4.78, 5) is 23.0. The van der Waals surface area contributed by atoms with Gasteiger partial charge in [-0.3, -0.25) is 5.84 Å². The molecule has 0 fully saturated rings. The zero-order valence-corrected chi connectivity index (χ0v) is 7.10. The fourth-order valence-corrected chi connectivity index (χ4v) is 1.33. The second-order valence-corrected chi connectivity index (χ2v) is 2.70. The molecule has 3 N–H and O–H groups in total. The van der Waals surface area contributed by atoms with E-state index in [4.69, 9.17) is 5.84 Å². The third-order valence-corrected chi connectivity index (χ3v) is 1.93. The van der Waals surface area contributed by atoms with Crippen molar-refractivity contribution in [3.05, 3.63) is 35.4 Å². The molecule has 6 heteroatoms. The molecular weight excluding hydrogens is 184 g/mol. The molecule has 0 aliphatic carbocycles. The smallest absolute Gasteiger partial charge is 0.256 e. The van der Waals surface area contributed by atoms with E-state index in [-0.39, 0.29) is 0 Å². The highest BCUT2D eigenvalue weighted by molar-refractivity contribution is 6.20. The van der Waals surface area contributed by atoms with Gasteiger partial charge in [-0.25, -0.2) is 9.59 Å². The predicted molar refractivity (Wildman–Crippen MR) is 44.5 cm³/mol. The summed E-state index contributed by atoms with van der Waals surface area (Å²) >= 11 is 0. The second-order valence-electron chi connectivity index (χ2n) is 2.70. The summed E-state index contributed by atoms with van der Waals surface area (Å²) in [5, 5.41) is 5.98. The van der Waals surface area contributed by atoms with E-state index >= 15 is 0 Å². The van der Waals surface area contributed by atoms with Crippen molar-refractivity contribution in [2.75, 3.05) is 0 Å². The lowest BCUT2D eigenvalue weighted by molar-refractivity contribution is -0.556.